The molecular weight excluding hydrogens is 386 g/mol. The Labute approximate surface area is 172 Å². The lowest BCUT2D eigenvalue weighted by Crippen LogP contribution is -2.40. The first-order chi connectivity index (χ1) is 14.5. The summed E-state index contributed by atoms with van der Waals surface area (Å²) in [4.78, 5) is 24.4. The summed E-state index contributed by atoms with van der Waals surface area (Å²) in [6.07, 6.45) is 2.81. The van der Waals surface area contributed by atoms with E-state index >= 15 is 0 Å². The number of carbonyl (C=O) groups is 2. The number of aryl methyl sites for hydroxylation is 1. The van der Waals surface area contributed by atoms with Crippen LogP contribution in [-0.2, 0) is 4.79 Å². The van der Waals surface area contributed by atoms with Crippen molar-refractivity contribution in [1.29, 1.82) is 5.26 Å². The Morgan fingerprint density at radius 2 is 1.97 bits per heavy atom. The molecule has 0 atom stereocenters. The zero-order chi connectivity index (χ0) is 21.5. The number of nitriles is 1. The molecule has 0 bridgehead atoms. The van der Waals surface area contributed by atoms with Gasteiger partial charge in [0.1, 0.15) is 11.7 Å². The Hall–Kier alpha value is -4.25. The summed E-state index contributed by atoms with van der Waals surface area (Å²) in [5, 5.41) is 9.44. The van der Waals surface area contributed by atoms with Gasteiger partial charge in [-0.2, -0.15) is 5.26 Å². The molecule has 30 heavy (non-hydrogen) atoms. The maximum Gasteiger partial charge on any atom is 0.305 e. The highest BCUT2D eigenvalue weighted by Gasteiger charge is 2.17. The molecule has 0 aliphatic rings. The Bertz CT molecular complexity index is 1160. The largest absolute Gasteiger partial charge is 0.493 e. The molecule has 0 aliphatic carbocycles. The monoisotopic (exact) mass is 405 g/mol. The molecule has 0 saturated heterocycles. The number of nitrogens with one attached hydrogen (secondary N) is 2. The summed E-state index contributed by atoms with van der Waals surface area (Å²) >= 11 is 0. The molecule has 8 heteroatoms. The van der Waals surface area contributed by atoms with Gasteiger partial charge in [0.05, 0.1) is 7.11 Å². The van der Waals surface area contributed by atoms with Crippen molar-refractivity contribution < 1.29 is 23.5 Å². The molecule has 152 valence electrons. The van der Waals surface area contributed by atoms with E-state index in [0.717, 1.165) is 5.39 Å². The first kappa shape index (κ1) is 20.5. The maximum absolute atomic E-state index is 12.3. The van der Waals surface area contributed by atoms with E-state index in [9.17, 15) is 9.59 Å². The number of furan rings is 1. The number of hydrogen-bond acceptors (Lipinski definition) is 6. The number of ether oxygens (including phenoxy) is 2. The number of hydrazine groups is 1. The highest BCUT2D eigenvalue weighted by atomic mass is 16.5. The van der Waals surface area contributed by atoms with E-state index in [-0.39, 0.29) is 12.4 Å². The second kappa shape index (κ2) is 9.30. The van der Waals surface area contributed by atoms with Gasteiger partial charge in [0.25, 0.3) is 5.91 Å². The van der Waals surface area contributed by atoms with Gasteiger partial charge < -0.3 is 13.9 Å². The van der Waals surface area contributed by atoms with Crippen LogP contribution in [0.3, 0.4) is 0 Å². The average molecular weight is 405 g/mol. The fourth-order valence-electron chi connectivity index (χ4n) is 2.80. The summed E-state index contributed by atoms with van der Waals surface area (Å²) in [7, 11) is 1.48. The Kier molecular flexibility index (Phi) is 6.35. The molecule has 0 aliphatic heterocycles. The summed E-state index contributed by atoms with van der Waals surface area (Å²) in [6, 6.07) is 14.2. The van der Waals surface area contributed by atoms with Gasteiger partial charge in [0.2, 0.25) is 0 Å². The molecule has 8 nitrogen and oxygen atoms in total. The minimum absolute atomic E-state index is 0.0989. The molecule has 0 spiro atoms. The van der Waals surface area contributed by atoms with Gasteiger partial charge in [0, 0.05) is 17.0 Å². The van der Waals surface area contributed by atoms with Crippen LogP contribution in [0.15, 0.2) is 53.0 Å². The van der Waals surface area contributed by atoms with Crippen LogP contribution in [0, 0.1) is 18.3 Å². The summed E-state index contributed by atoms with van der Waals surface area (Å²) < 4.78 is 16.0. The second-order valence-electron chi connectivity index (χ2n) is 6.19. The lowest BCUT2D eigenvalue weighted by molar-refractivity contribution is -0.117. The van der Waals surface area contributed by atoms with Crippen molar-refractivity contribution in [2.75, 3.05) is 13.7 Å². The van der Waals surface area contributed by atoms with Gasteiger partial charge in [-0.1, -0.05) is 24.3 Å². The standard InChI is InChI=1S/C22H19N3O5/c1-14-16-5-3-4-6-17(16)30-21(14)22(27)25-24-20(26)10-8-15-7-9-18(29-12-11-23)19(13-15)28-2/h3-10,13H,12H2,1-2H3,(H,24,26)(H,25,27)/b10-8+. The minimum Gasteiger partial charge on any atom is -0.493 e. The van der Waals surface area contributed by atoms with Gasteiger partial charge in [0.15, 0.2) is 23.9 Å². The molecule has 0 unspecified atom stereocenters. The molecule has 0 saturated carbocycles. The molecule has 1 heterocycles. The van der Waals surface area contributed by atoms with Crippen LogP contribution in [0.2, 0.25) is 0 Å². The van der Waals surface area contributed by atoms with E-state index in [1.54, 1.807) is 37.3 Å². The molecule has 2 N–H and O–H groups in total. The van der Waals surface area contributed by atoms with Crippen LogP contribution in [0.1, 0.15) is 21.7 Å². The van der Waals surface area contributed by atoms with E-state index in [1.165, 1.54) is 13.2 Å². The van der Waals surface area contributed by atoms with Crippen molar-refractivity contribution in [3.05, 3.63) is 65.4 Å². The molecule has 0 fully saturated rings. The quantitative estimate of drug-likeness (QED) is 0.481. The molecule has 2 amide bonds. The van der Waals surface area contributed by atoms with E-state index < -0.39 is 11.8 Å². The number of carbonyl (C=O) groups excluding carboxylic acids is 2. The third-order valence-corrected chi connectivity index (χ3v) is 4.26. The van der Waals surface area contributed by atoms with Crippen LogP contribution >= 0.6 is 0 Å². The summed E-state index contributed by atoms with van der Waals surface area (Å²) in [5.74, 6) is -0.0826. The van der Waals surface area contributed by atoms with Crippen molar-refractivity contribution in [2.45, 2.75) is 6.92 Å². The Balaban J connectivity index is 1.61. The van der Waals surface area contributed by atoms with E-state index in [0.29, 0.717) is 28.2 Å². The van der Waals surface area contributed by atoms with E-state index in [2.05, 4.69) is 10.9 Å². The van der Waals surface area contributed by atoms with E-state index in [1.807, 2.05) is 24.3 Å². The number of nitrogens with zero attached hydrogens (tertiary/aromatic N) is 1. The first-order valence-corrected chi connectivity index (χ1v) is 8.97. The van der Waals surface area contributed by atoms with Gasteiger partial charge in [-0.25, -0.2) is 0 Å². The Morgan fingerprint density at radius 1 is 1.17 bits per heavy atom. The van der Waals surface area contributed by atoms with Gasteiger partial charge in [-0.3, -0.25) is 20.4 Å². The maximum atomic E-state index is 12.3. The number of hydrogen-bond donors (Lipinski definition) is 2. The van der Waals surface area contributed by atoms with Gasteiger partial charge in [-0.15, -0.1) is 0 Å². The molecule has 2 aromatic carbocycles. The second-order valence-corrected chi connectivity index (χ2v) is 6.19. The van der Waals surface area contributed by atoms with Crippen LogP contribution < -0.4 is 20.3 Å². The van der Waals surface area contributed by atoms with Crippen molar-refractivity contribution in [3.8, 4) is 17.6 Å². The van der Waals surface area contributed by atoms with E-state index in [4.69, 9.17) is 19.2 Å². The van der Waals surface area contributed by atoms with Crippen molar-refractivity contribution >= 4 is 28.9 Å². The predicted octanol–water partition coefficient (Wildman–Crippen LogP) is 3.13. The third kappa shape index (κ3) is 4.59. The van der Waals surface area contributed by atoms with Crippen molar-refractivity contribution in [1.82, 2.24) is 10.9 Å². The number of amides is 2. The van der Waals surface area contributed by atoms with Crippen LogP contribution in [0.25, 0.3) is 17.0 Å². The summed E-state index contributed by atoms with van der Waals surface area (Å²) in [5.41, 5.74) is 6.61. The van der Waals surface area contributed by atoms with Crippen LogP contribution in [0.4, 0.5) is 0 Å². The highest BCUT2D eigenvalue weighted by molar-refractivity contribution is 6.00. The number of fused-ring (bicyclic) bond motifs is 1. The lowest BCUT2D eigenvalue weighted by atomic mass is 10.1. The molecule has 3 aromatic rings. The SMILES string of the molecule is COc1cc(/C=C/C(=O)NNC(=O)c2oc3ccccc3c2C)ccc1OCC#N. The number of methoxy groups -OCH3 is 1. The molecule has 1 aromatic heterocycles. The molecule has 0 radical (unpaired) electrons. The van der Waals surface area contributed by atoms with Crippen molar-refractivity contribution in [2.24, 2.45) is 0 Å². The molecule has 3 rings (SSSR count). The number of benzene rings is 2. The van der Waals surface area contributed by atoms with Crippen LogP contribution in [-0.4, -0.2) is 25.5 Å². The fraction of sp³-hybridized carbons (Fsp3) is 0.136. The highest BCUT2D eigenvalue weighted by Crippen LogP contribution is 2.28. The van der Waals surface area contributed by atoms with Crippen molar-refractivity contribution in [3.63, 3.8) is 0 Å². The average Bonchev–Trinajstić information content (AvgIpc) is 3.11. The van der Waals surface area contributed by atoms with Crippen LogP contribution in [0.5, 0.6) is 11.5 Å². The minimum atomic E-state index is -0.550. The predicted molar refractivity (Wildman–Crippen MR) is 110 cm³/mol. The molecular formula is C22H19N3O5. The topological polar surface area (TPSA) is 114 Å². The first-order valence-electron chi connectivity index (χ1n) is 8.97. The lowest BCUT2D eigenvalue weighted by Gasteiger charge is -2.08. The smallest absolute Gasteiger partial charge is 0.305 e. The number of rotatable bonds is 6. The fourth-order valence-corrected chi connectivity index (χ4v) is 2.80. The van der Waals surface area contributed by atoms with Gasteiger partial charge in [-0.05, 0) is 36.8 Å². The number of para-hydroxylation sites is 1. The summed E-state index contributed by atoms with van der Waals surface area (Å²) in [6.45, 7) is 1.68. The Morgan fingerprint density at radius 3 is 2.70 bits per heavy atom. The third-order valence-electron chi connectivity index (χ3n) is 4.26. The zero-order valence-electron chi connectivity index (χ0n) is 16.4. The zero-order valence-corrected chi connectivity index (χ0v) is 16.4. The van der Waals surface area contributed by atoms with Gasteiger partial charge >= 0.3 is 5.91 Å². The normalized spacial score (nSPS) is 10.6.